The first-order valence-corrected chi connectivity index (χ1v) is 13.3. The van der Waals surface area contributed by atoms with Gasteiger partial charge in [0.15, 0.2) is 0 Å². The van der Waals surface area contributed by atoms with Gasteiger partial charge in [0.1, 0.15) is 0 Å². The largest absolute Gasteiger partial charge is 0.396 e. The van der Waals surface area contributed by atoms with Crippen LogP contribution in [0.4, 0.5) is 0 Å². The number of nitrogens with two attached hydrogens (primary N) is 1. The van der Waals surface area contributed by atoms with Gasteiger partial charge in [0.05, 0.1) is 18.8 Å². The average molecular weight is 461 g/mol. The molecular formula is C24H48N2O4S. The van der Waals surface area contributed by atoms with Gasteiger partial charge in [0.25, 0.3) is 0 Å². The monoisotopic (exact) mass is 460 g/mol. The minimum absolute atomic E-state index is 0.0554. The second-order valence-electron chi connectivity index (χ2n) is 8.25. The molecule has 0 aliphatic heterocycles. The van der Waals surface area contributed by atoms with E-state index in [1.54, 1.807) is 0 Å². The van der Waals surface area contributed by atoms with E-state index in [-0.39, 0.29) is 30.9 Å². The van der Waals surface area contributed by atoms with Crippen LogP contribution in [0.1, 0.15) is 90.4 Å². The SMILES string of the molecule is CCCCCCCCCCCC/C=C\[C@H](SC[C@H](N)C(=O)NCCO)[C@H](O)CCCO. The molecule has 0 bridgehead atoms. The summed E-state index contributed by atoms with van der Waals surface area (Å²) >= 11 is 1.47. The lowest BCUT2D eigenvalue weighted by atomic mass is 10.1. The number of thioether (sulfide) groups is 1. The van der Waals surface area contributed by atoms with Gasteiger partial charge in [-0.3, -0.25) is 4.79 Å². The third-order valence-electron chi connectivity index (χ3n) is 5.30. The van der Waals surface area contributed by atoms with Gasteiger partial charge in [-0.2, -0.15) is 0 Å². The lowest BCUT2D eigenvalue weighted by molar-refractivity contribution is -0.122. The van der Waals surface area contributed by atoms with Crippen LogP contribution in [0, 0.1) is 0 Å². The van der Waals surface area contributed by atoms with E-state index in [1.807, 2.05) is 6.08 Å². The normalized spacial score (nSPS) is 14.6. The van der Waals surface area contributed by atoms with Crippen molar-refractivity contribution in [1.29, 1.82) is 0 Å². The zero-order valence-corrected chi connectivity index (χ0v) is 20.5. The van der Waals surface area contributed by atoms with E-state index in [0.29, 0.717) is 18.6 Å². The molecule has 1 amide bonds. The van der Waals surface area contributed by atoms with Crippen LogP contribution in [0.3, 0.4) is 0 Å². The van der Waals surface area contributed by atoms with Crippen molar-refractivity contribution < 1.29 is 20.1 Å². The summed E-state index contributed by atoms with van der Waals surface area (Å²) in [5, 5.41) is 30.7. The fraction of sp³-hybridized carbons (Fsp3) is 0.875. The van der Waals surface area contributed by atoms with Gasteiger partial charge in [0, 0.05) is 24.2 Å². The topological polar surface area (TPSA) is 116 Å². The number of amides is 1. The lowest BCUT2D eigenvalue weighted by Gasteiger charge is -2.21. The van der Waals surface area contributed by atoms with Gasteiger partial charge >= 0.3 is 0 Å². The Hall–Kier alpha value is -0.600. The van der Waals surface area contributed by atoms with E-state index >= 15 is 0 Å². The Balaban J connectivity index is 4.15. The van der Waals surface area contributed by atoms with E-state index < -0.39 is 12.1 Å². The Kier molecular flexibility index (Phi) is 22.2. The second kappa shape index (κ2) is 22.6. The molecule has 0 fully saturated rings. The highest BCUT2D eigenvalue weighted by atomic mass is 32.2. The number of rotatable bonds is 22. The standard InChI is InChI=1S/C24H48N2O4S/c1-2-3-4-5-6-7-8-9-10-11-12-13-16-23(22(29)15-14-18-27)31-20-21(25)24(30)26-17-19-28/h13,16,21-23,27-29H,2-12,14-15,17-20,25H2,1H3,(H,26,30)/b16-13-/t21-,22+,23-/m0/s1. The Morgan fingerprint density at radius 3 is 2.16 bits per heavy atom. The number of aliphatic hydroxyl groups is 3. The predicted octanol–water partition coefficient (Wildman–Crippen LogP) is 3.52. The van der Waals surface area contributed by atoms with Crippen LogP contribution < -0.4 is 11.1 Å². The van der Waals surface area contributed by atoms with Crippen LogP contribution in [0.2, 0.25) is 0 Å². The first-order chi connectivity index (χ1) is 15.1. The van der Waals surface area contributed by atoms with Crippen molar-refractivity contribution in [2.24, 2.45) is 5.73 Å². The number of carbonyl (C=O) groups excluding carboxylic acids is 1. The van der Waals surface area contributed by atoms with Crippen molar-refractivity contribution in [2.45, 2.75) is 108 Å². The maximum atomic E-state index is 11.9. The zero-order valence-electron chi connectivity index (χ0n) is 19.6. The van der Waals surface area contributed by atoms with Crippen molar-refractivity contribution in [3.63, 3.8) is 0 Å². The fourth-order valence-electron chi connectivity index (χ4n) is 3.34. The molecule has 0 saturated carbocycles. The molecule has 0 aromatic heterocycles. The Labute approximate surface area is 194 Å². The van der Waals surface area contributed by atoms with Crippen LogP contribution in [0.15, 0.2) is 12.2 Å². The first kappa shape index (κ1) is 30.4. The van der Waals surface area contributed by atoms with Gasteiger partial charge in [-0.15, -0.1) is 11.8 Å². The van der Waals surface area contributed by atoms with Gasteiger partial charge in [0.2, 0.25) is 5.91 Å². The number of unbranched alkanes of at least 4 members (excludes halogenated alkanes) is 10. The molecule has 0 saturated heterocycles. The van der Waals surface area contributed by atoms with Crippen molar-refractivity contribution >= 4 is 17.7 Å². The number of nitrogens with one attached hydrogen (secondary N) is 1. The van der Waals surface area contributed by atoms with Gasteiger partial charge in [-0.05, 0) is 25.7 Å². The molecule has 7 heteroatoms. The third-order valence-corrected chi connectivity index (χ3v) is 6.71. The molecule has 0 radical (unpaired) electrons. The van der Waals surface area contributed by atoms with Gasteiger partial charge < -0.3 is 26.4 Å². The summed E-state index contributed by atoms with van der Waals surface area (Å²) in [5.41, 5.74) is 5.91. The van der Waals surface area contributed by atoms with Crippen LogP contribution in [0.5, 0.6) is 0 Å². The molecule has 0 aromatic rings. The summed E-state index contributed by atoms with van der Waals surface area (Å²) in [6.07, 6.45) is 18.8. The minimum atomic E-state index is -0.681. The second-order valence-corrected chi connectivity index (χ2v) is 9.46. The van der Waals surface area contributed by atoms with Crippen molar-refractivity contribution in [1.82, 2.24) is 5.32 Å². The summed E-state index contributed by atoms with van der Waals surface area (Å²) in [6, 6.07) is -0.681. The van der Waals surface area contributed by atoms with Crippen LogP contribution in [0.25, 0.3) is 0 Å². The van der Waals surface area contributed by atoms with Crippen LogP contribution >= 0.6 is 11.8 Å². The maximum absolute atomic E-state index is 11.9. The zero-order chi connectivity index (χ0) is 23.2. The van der Waals surface area contributed by atoms with E-state index in [0.717, 1.165) is 12.8 Å². The predicted molar refractivity (Wildman–Crippen MR) is 132 cm³/mol. The van der Waals surface area contributed by atoms with Gasteiger partial charge in [-0.25, -0.2) is 0 Å². The molecule has 0 aliphatic rings. The molecule has 0 aromatic carbocycles. The van der Waals surface area contributed by atoms with Crippen LogP contribution in [-0.4, -0.2) is 64.1 Å². The fourth-order valence-corrected chi connectivity index (χ4v) is 4.50. The van der Waals surface area contributed by atoms with Gasteiger partial charge in [-0.1, -0.05) is 76.9 Å². The summed E-state index contributed by atoms with van der Waals surface area (Å²) in [7, 11) is 0. The Morgan fingerprint density at radius 1 is 0.968 bits per heavy atom. The quantitative estimate of drug-likeness (QED) is 0.125. The molecule has 6 N–H and O–H groups in total. The highest BCUT2D eigenvalue weighted by Gasteiger charge is 2.20. The molecule has 3 atom stereocenters. The third kappa shape index (κ3) is 18.7. The number of aliphatic hydroxyl groups excluding tert-OH is 3. The smallest absolute Gasteiger partial charge is 0.237 e. The van der Waals surface area contributed by atoms with Crippen LogP contribution in [-0.2, 0) is 4.79 Å². The summed E-state index contributed by atoms with van der Waals surface area (Å²) in [6.45, 7) is 2.38. The minimum Gasteiger partial charge on any atom is -0.396 e. The molecule has 0 heterocycles. The van der Waals surface area contributed by atoms with E-state index in [9.17, 15) is 9.90 Å². The van der Waals surface area contributed by atoms with Crippen molar-refractivity contribution in [3.8, 4) is 0 Å². The number of carbonyl (C=O) groups is 1. The summed E-state index contributed by atoms with van der Waals surface area (Å²) < 4.78 is 0. The Morgan fingerprint density at radius 2 is 1.58 bits per heavy atom. The van der Waals surface area contributed by atoms with Crippen molar-refractivity contribution in [3.05, 3.63) is 12.2 Å². The first-order valence-electron chi connectivity index (χ1n) is 12.3. The Bertz CT molecular complexity index is 438. The molecule has 184 valence electrons. The molecule has 0 rings (SSSR count). The summed E-state index contributed by atoms with van der Waals surface area (Å²) in [4.78, 5) is 11.9. The maximum Gasteiger partial charge on any atom is 0.237 e. The molecule has 0 unspecified atom stereocenters. The summed E-state index contributed by atoms with van der Waals surface area (Å²) in [5.74, 6) is 0.0975. The molecule has 6 nitrogen and oxygen atoms in total. The molecule has 31 heavy (non-hydrogen) atoms. The van der Waals surface area contributed by atoms with Crippen molar-refractivity contribution in [2.75, 3.05) is 25.5 Å². The lowest BCUT2D eigenvalue weighted by Crippen LogP contribution is -2.43. The highest BCUT2D eigenvalue weighted by molar-refractivity contribution is 8.00. The highest BCUT2D eigenvalue weighted by Crippen LogP contribution is 2.21. The number of hydrogen-bond acceptors (Lipinski definition) is 6. The molecular weight excluding hydrogens is 412 g/mol. The number of hydrogen-bond donors (Lipinski definition) is 5. The molecule has 0 aliphatic carbocycles. The average Bonchev–Trinajstić information content (AvgIpc) is 2.78. The molecule has 0 spiro atoms. The van der Waals surface area contributed by atoms with E-state index in [4.69, 9.17) is 15.9 Å². The van der Waals surface area contributed by atoms with E-state index in [2.05, 4.69) is 18.3 Å². The number of allylic oxidation sites excluding steroid dienone is 1. The van der Waals surface area contributed by atoms with E-state index in [1.165, 1.54) is 69.5 Å².